The van der Waals surface area contributed by atoms with Crippen LogP contribution in [0, 0.1) is 0 Å². The molecule has 0 atom stereocenters. The molecule has 0 spiro atoms. The van der Waals surface area contributed by atoms with Gasteiger partial charge in [0.25, 0.3) is 0 Å². The monoisotopic (exact) mass is 236 g/mol. The average Bonchev–Trinajstić information content (AvgIpc) is 2.24. The van der Waals surface area contributed by atoms with E-state index in [1.54, 1.807) is 0 Å². The molecule has 0 bridgehead atoms. The van der Waals surface area contributed by atoms with Crippen molar-refractivity contribution >= 4 is 0 Å². The summed E-state index contributed by atoms with van der Waals surface area (Å²) in [6.07, 6.45) is 0.353. The van der Waals surface area contributed by atoms with Crippen molar-refractivity contribution in [1.29, 1.82) is 0 Å². The lowest BCUT2D eigenvalue weighted by molar-refractivity contribution is -0.382. The highest BCUT2D eigenvalue weighted by Gasteiger charge is 2.29. The number of hydrogen-bond donors (Lipinski definition) is 0. The second-order valence-electron chi connectivity index (χ2n) is 4.39. The Balaban J connectivity index is 1.56. The van der Waals surface area contributed by atoms with Gasteiger partial charge < -0.3 is 18.9 Å². The maximum Gasteiger partial charge on any atom is 0.189 e. The minimum atomic E-state index is -0.199. The Labute approximate surface area is 100 Å². The first-order valence-corrected chi connectivity index (χ1v) is 5.91. The lowest BCUT2D eigenvalue weighted by Gasteiger charge is -2.34. The van der Waals surface area contributed by atoms with E-state index in [9.17, 15) is 0 Å². The van der Waals surface area contributed by atoms with E-state index >= 15 is 0 Å². The van der Waals surface area contributed by atoms with Crippen LogP contribution in [0.25, 0.3) is 0 Å². The Kier molecular flexibility index (Phi) is 2.88. The minimum Gasteiger partial charge on any atom is -0.324 e. The summed E-state index contributed by atoms with van der Waals surface area (Å²) < 4.78 is 21.6. The van der Waals surface area contributed by atoms with Crippen molar-refractivity contribution in [3.8, 4) is 0 Å². The van der Waals surface area contributed by atoms with E-state index in [1.165, 1.54) is 5.56 Å². The first-order valence-electron chi connectivity index (χ1n) is 5.91. The molecule has 2 saturated heterocycles. The van der Waals surface area contributed by atoms with Gasteiger partial charge in [0, 0.05) is 12.0 Å². The second kappa shape index (κ2) is 4.38. The van der Waals surface area contributed by atoms with Crippen LogP contribution >= 0.6 is 0 Å². The summed E-state index contributed by atoms with van der Waals surface area (Å²) in [4.78, 5) is 0. The van der Waals surface area contributed by atoms with E-state index in [-0.39, 0.29) is 25.2 Å². The van der Waals surface area contributed by atoms with Gasteiger partial charge in [-0.2, -0.15) is 0 Å². The predicted octanol–water partition coefficient (Wildman–Crippen LogP) is 2.34. The predicted molar refractivity (Wildman–Crippen MR) is 59.9 cm³/mol. The van der Waals surface area contributed by atoms with Gasteiger partial charge in [0.1, 0.15) is 0 Å². The molecule has 17 heavy (non-hydrogen) atoms. The maximum atomic E-state index is 5.42. The normalized spacial score (nSPS) is 36.1. The molecular weight excluding hydrogens is 220 g/mol. The zero-order valence-corrected chi connectivity index (χ0v) is 9.96. The van der Waals surface area contributed by atoms with Crippen molar-refractivity contribution < 1.29 is 18.9 Å². The van der Waals surface area contributed by atoms with Crippen molar-refractivity contribution in [2.24, 2.45) is 0 Å². The zero-order chi connectivity index (χ0) is 11.8. The van der Waals surface area contributed by atoms with Gasteiger partial charge in [-0.1, -0.05) is 24.3 Å². The van der Waals surface area contributed by atoms with Gasteiger partial charge in [0.15, 0.2) is 25.2 Å². The summed E-state index contributed by atoms with van der Waals surface area (Å²) in [6.45, 7) is 3.78. The van der Waals surface area contributed by atoms with Gasteiger partial charge in [-0.25, -0.2) is 0 Å². The van der Waals surface area contributed by atoms with E-state index in [1.807, 2.05) is 26.0 Å². The molecule has 2 aliphatic heterocycles. The van der Waals surface area contributed by atoms with Crippen LogP contribution in [0.4, 0.5) is 0 Å². The zero-order valence-electron chi connectivity index (χ0n) is 9.96. The number of ether oxygens (including phenoxy) is 4. The highest BCUT2D eigenvalue weighted by Crippen LogP contribution is 2.31. The fourth-order valence-electron chi connectivity index (χ4n) is 2.05. The van der Waals surface area contributed by atoms with Gasteiger partial charge >= 0.3 is 0 Å². The fraction of sp³-hybridized carbons (Fsp3) is 0.538. The van der Waals surface area contributed by atoms with Crippen LogP contribution in [-0.2, 0) is 25.4 Å². The Hall–Kier alpha value is -0.940. The minimum absolute atomic E-state index is 0.0578. The molecule has 4 heteroatoms. The lowest BCUT2D eigenvalue weighted by atomic mass is 10.1. The largest absolute Gasteiger partial charge is 0.324 e. The lowest BCUT2D eigenvalue weighted by Crippen LogP contribution is -2.40. The van der Waals surface area contributed by atoms with E-state index in [2.05, 4.69) is 12.1 Å². The summed E-state index contributed by atoms with van der Waals surface area (Å²) in [5, 5.41) is 0. The van der Waals surface area contributed by atoms with E-state index < -0.39 is 0 Å². The van der Waals surface area contributed by atoms with E-state index in [4.69, 9.17) is 18.9 Å². The SMILES string of the molecule is CC1OC(Cc2ccc(C3OC(C)O3)cc2)O1. The summed E-state index contributed by atoms with van der Waals surface area (Å²) in [6, 6.07) is 8.16. The first-order chi connectivity index (χ1) is 8.20. The molecular formula is C13H16O4. The van der Waals surface area contributed by atoms with Gasteiger partial charge in [0.2, 0.25) is 0 Å². The van der Waals surface area contributed by atoms with Crippen molar-refractivity contribution in [2.45, 2.75) is 45.4 Å². The third kappa shape index (κ3) is 2.35. The Morgan fingerprint density at radius 3 is 2.00 bits per heavy atom. The summed E-state index contributed by atoms with van der Waals surface area (Å²) in [5.41, 5.74) is 2.24. The molecule has 0 N–H and O–H groups in total. The van der Waals surface area contributed by atoms with Crippen LogP contribution < -0.4 is 0 Å². The number of benzene rings is 1. The molecule has 0 aromatic heterocycles. The molecule has 2 heterocycles. The maximum absolute atomic E-state index is 5.42. The molecule has 0 unspecified atom stereocenters. The van der Waals surface area contributed by atoms with Gasteiger partial charge in [0.05, 0.1) is 0 Å². The number of rotatable bonds is 3. The quantitative estimate of drug-likeness (QED) is 0.807. The molecule has 4 nitrogen and oxygen atoms in total. The van der Waals surface area contributed by atoms with Gasteiger partial charge in [-0.3, -0.25) is 0 Å². The van der Waals surface area contributed by atoms with Crippen molar-refractivity contribution in [1.82, 2.24) is 0 Å². The average molecular weight is 236 g/mol. The Morgan fingerprint density at radius 2 is 1.47 bits per heavy atom. The highest BCUT2D eigenvalue weighted by molar-refractivity contribution is 5.24. The molecule has 2 aliphatic rings. The van der Waals surface area contributed by atoms with Crippen molar-refractivity contribution in [3.05, 3.63) is 35.4 Å². The topological polar surface area (TPSA) is 36.9 Å². The molecule has 1 aromatic carbocycles. The van der Waals surface area contributed by atoms with Crippen LogP contribution in [0.2, 0.25) is 0 Å². The van der Waals surface area contributed by atoms with Crippen LogP contribution in [-0.4, -0.2) is 18.9 Å². The van der Waals surface area contributed by atoms with Crippen molar-refractivity contribution in [3.63, 3.8) is 0 Å². The smallest absolute Gasteiger partial charge is 0.189 e. The van der Waals surface area contributed by atoms with Crippen LogP contribution in [0.3, 0.4) is 0 Å². The van der Waals surface area contributed by atoms with E-state index in [0.29, 0.717) is 0 Å². The van der Waals surface area contributed by atoms with Gasteiger partial charge in [-0.15, -0.1) is 0 Å². The molecule has 0 saturated carbocycles. The standard InChI is InChI=1S/C13H16O4/c1-8-14-12(15-8)7-10-3-5-11(6-4-10)13-16-9(2)17-13/h3-6,8-9,12-13H,7H2,1-2H3. The first kappa shape index (κ1) is 11.2. The second-order valence-corrected chi connectivity index (χ2v) is 4.39. The van der Waals surface area contributed by atoms with Crippen LogP contribution in [0.5, 0.6) is 0 Å². The summed E-state index contributed by atoms with van der Waals surface area (Å²) >= 11 is 0. The fourth-order valence-corrected chi connectivity index (χ4v) is 2.05. The van der Waals surface area contributed by atoms with Crippen LogP contribution in [0.1, 0.15) is 31.3 Å². The summed E-state index contributed by atoms with van der Waals surface area (Å²) in [5.74, 6) is 0. The molecule has 0 amide bonds. The highest BCUT2D eigenvalue weighted by atomic mass is 16.9. The third-order valence-electron chi connectivity index (χ3n) is 2.97. The van der Waals surface area contributed by atoms with E-state index in [0.717, 1.165) is 12.0 Å². The van der Waals surface area contributed by atoms with Gasteiger partial charge in [-0.05, 0) is 19.4 Å². The molecule has 92 valence electrons. The molecule has 2 fully saturated rings. The molecule has 3 rings (SSSR count). The Morgan fingerprint density at radius 1 is 0.882 bits per heavy atom. The molecule has 1 aromatic rings. The number of hydrogen-bond acceptors (Lipinski definition) is 4. The third-order valence-corrected chi connectivity index (χ3v) is 2.97. The molecule has 0 radical (unpaired) electrons. The summed E-state index contributed by atoms with van der Waals surface area (Å²) in [7, 11) is 0. The Bertz CT molecular complexity index is 377. The van der Waals surface area contributed by atoms with Crippen LogP contribution in [0.15, 0.2) is 24.3 Å². The molecule has 0 aliphatic carbocycles. The van der Waals surface area contributed by atoms with Crippen molar-refractivity contribution in [2.75, 3.05) is 0 Å².